The molecular weight excluding hydrogens is 707 g/mol. The number of methoxy groups -OCH3 is 1. The van der Waals surface area contributed by atoms with E-state index < -0.39 is 6.04 Å². The van der Waals surface area contributed by atoms with Gasteiger partial charge in [-0.1, -0.05) is 19.1 Å². The molecule has 1 aromatic heterocycles. The Kier molecular flexibility index (Phi) is 9.57. The van der Waals surface area contributed by atoms with Gasteiger partial charge in [0.25, 0.3) is 11.5 Å². The number of anilines is 1. The lowest BCUT2D eigenvalue weighted by Gasteiger charge is -2.55. The average Bonchev–Trinajstić information content (AvgIpc) is 3.49. The number of imide groups is 1. The van der Waals surface area contributed by atoms with Crippen LogP contribution < -0.4 is 20.5 Å². The highest BCUT2D eigenvalue weighted by Gasteiger charge is 2.46. The summed E-state index contributed by atoms with van der Waals surface area (Å²) < 4.78 is 7.81. The van der Waals surface area contributed by atoms with Crippen LogP contribution in [0.2, 0.25) is 0 Å². The van der Waals surface area contributed by atoms with Crippen LogP contribution in [0.3, 0.4) is 0 Å². The molecule has 6 aliphatic rings. The SMILES string of the molecule is CCc1cc(-c2cn(C)c(=O)c3c2CN(C)CC3)cc(OC)c1CN1CC(CN2CCC3(CC2)CN(c2ccc4c(c2)C(=O)N(C2CCC(=O)NC2=O)C4)C3)C1. The summed E-state index contributed by atoms with van der Waals surface area (Å²) in [5, 5.41) is 2.39. The number of amides is 3. The van der Waals surface area contributed by atoms with E-state index in [0.29, 0.717) is 29.9 Å². The van der Waals surface area contributed by atoms with Gasteiger partial charge in [0, 0.05) is 112 Å². The molecule has 0 radical (unpaired) electrons. The van der Waals surface area contributed by atoms with E-state index in [0.717, 1.165) is 118 Å². The molecule has 0 saturated carbocycles. The molecule has 1 spiro atoms. The second-order valence-electron chi connectivity index (χ2n) is 17.5. The summed E-state index contributed by atoms with van der Waals surface area (Å²) in [6, 6.07) is 10.1. The van der Waals surface area contributed by atoms with Crippen molar-refractivity contribution in [2.24, 2.45) is 18.4 Å². The third-order valence-electron chi connectivity index (χ3n) is 13.8. The van der Waals surface area contributed by atoms with E-state index in [9.17, 15) is 19.2 Å². The predicted octanol–water partition coefficient (Wildman–Crippen LogP) is 3.41. The number of hydrogen-bond acceptors (Lipinski definition) is 9. The van der Waals surface area contributed by atoms with E-state index >= 15 is 0 Å². The second-order valence-corrected chi connectivity index (χ2v) is 17.5. The molecular formula is C44H55N7O5. The Morgan fingerprint density at radius 1 is 0.893 bits per heavy atom. The Balaban J connectivity index is 0.771. The van der Waals surface area contributed by atoms with Crippen molar-refractivity contribution in [3.05, 3.63) is 80.3 Å². The van der Waals surface area contributed by atoms with Crippen LogP contribution in [0.15, 0.2) is 41.3 Å². The van der Waals surface area contributed by atoms with Crippen molar-refractivity contribution in [3.8, 4) is 16.9 Å². The summed E-state index contributed by atoms with van der Waals surface area (Å²) in [7, 11) is 5.77. The van der Waals surface area contributed by atoms with Gasteiger partial charge >= 0.3 is 0 Å². The van der Waals surface area contributed by atoms with Crippen LogP contribution in [-0.4, -0.2) is 114 Å². The fourth-order valence-electron chi connectivity index (χ4n) is 10.4. The monoisotopic (exact) mass is 761 g/mol. The molecule has 56 heavy (non-hydrogen) atoms. The van der Waals surface area contributed by atoms with Gasteiger partial charge in [-0.15, -0.1) is 0 Å². The van der Waals surface area contributed by atoms with E-state index in [2.05, 4.69) is 57.1 Å². The normalized spacial score (nSPS) is 22.9. The molecule has 2 aromatic carbocycles. The van der Waals surface area contributed by atoms with Gasteiger partial charge in [-0.3, -0.25) is 29.4 Å². The molecule has 0 bridgehead atoms. The highest BCUT2D eigenvalue weighted by atomic mass is 16.5. The van der Waals surface area contributed by atoms with Crippen molar-refractivity contribution < 1.29 is 19.1 Å². The lowest BCUT2D eigenvalue weighted by molar-refractivity contribution is -0.136. The number of ether oxygens (including phenoxy) is 1. The lowest BCUT2D eigenvalue weighted by Crippen LogP contribution is -2.61. The number of carbonyl (C=O) groups excluding carboxylic acids is 3. The highest BCUT2D eigenvalue weighted by Crippen LogP contribution is 2.44. The fourth-order valence-corrected chi connectivity index (χ4v) is 10.4. The van der Waals surface area contributed by atoms with Crippen LogP contribution >= 0.6 is 0 Å². The third kappa shape index (κ3) is 6.63. The first-order valence-electron chi connectivity index (χ1n) is 20.6. The van der Waals surface area contributed by atoms with Crippen molar-refractivity contribution in [2.45, 2.75) is 71.1 Å². The van der Waals surface area contributed by atoms with Gasteiger partial charge in [-0.05, 0) is 98.6 Å². The molecule has 7 heterocycles. The maximum absolute atomic E-state index is 13.4. The molecule has 9 rings (SSSR count). The number of nitrogens with one attached hydrogen (secondary N) is 1. The summed E-state index contributed by atoms with van der Waals surface area (Å²) in [4.78, 5) is 62.0. The number of likely N-dealkylation sites (tertiary alicyclic amines) is 2. The molecule has 1 N–H and O–H groups in total. The minimum atomic E-state index is -0.583. The predicted molar refractivity (Wildman–Crippen MR) is 215 cm³/mol. The van der Waals surface area contributed by atoms with Gasteiger partial charge in [0.1, 0.15) is 11.8 Å². The zero-order valence-corrected chi connectivity index (χ0v) is 33.4. The maximum atomic E-state index is 13.4. The quantitative estimate of drug-likeness (QED) is 0.329. The first kappa shape index (κ1) is 37.1. The van der Waals surface area contributed by atoms with Crippen LogP contribution in [0.4, 0.5) is 5.69 Å². The van der Waals surface area contributed by atoms with Crippen molar-refractivity contribution >= 4 is 23.4 Å². The molecule has 4 fully saturated rings. The minimum Gasteiger partial charge on any atom is -0.496 e. The van der Waals surface area contributed by atoms with E-state index in [1.165, 1.54) is 24.0 Å². The average molecular weight is 762 g/mol. The number of piperidine rings is 2. The van der Waals surface area contributed by atoms with E-state index in [1.54, 1.807) is 16.6 Å². The fraction of sp³-hybridized carbons (Fsp3) is 0.545. The Labute approximate surface area is 329 Å². The highest BCUT2D eigenvalue weighted by molar-refractivity contribution is 6.05. The molecule has 4 saturated heterocycles. The summed E-state index contributed by atoms with van der Waals surface area (Å²) in [6.07, 6.45) is 6.76. The summed E-state index contributed by atoms with van der Waals surface area (Å²) in [6.45, 7) is 12.9. The summed E-state index contributed by atoms with van der Waals surface area (Å²) in [5.41, 5.74) is 10.1. The number of likely N-dealkylation sites (N-methyl/N-ethyl adjacent to an activating group) is 1. The topological polar surface area (TPSA) is 111 Å². The molecule has 296 valence electrons. The van der Waals surface area contributed by atoms with Crippen LogP contribution in [0.25, 0.3) is 11.1 Å². The number of nitrogens with zero attached hydrogens (tertiary/aromatic N) is 6. The van der Waals surface area contributed by atoms with Gasteiger partial charge in [0.05, 0.1) is 7.11 Å². The molecule has 12 heteroatoms. The number of benzene rings is 2. The Hall–Kier alpha value is -4.52. The Morgan fingerprint density at radius 3 is 2.41 bits per heavy atom. The van der Waals surface area contributed by atoms with Gasteiger partial charge in [0.15, 0.2) is 0 Å². The lowest BCUT2D eigenvalue weighted by atomic mass is 9.71. The standard InChI is InChI=1S/C44H55N7O5/c1-5-29-16-31(35-24-47(3)42(54)33-10-13-46(2)23-37(33)35)17-39(56-4)36(29)25-49-20-28(21-49)19-48-14-11-44(12-15-48)26-50(27-44)32-7-6-30-22-51(43(55)34(30)18-32)38-8-9-40(52)45-41(38)53/h6-7,16-18,24,28,38H,5,8-15,19-23,25-27H2,1-4H3,(H,45,52,53). The van der Waals surface area contributed by atoms with E-state index in [1.807, 2.05) is 25.4 Å². The number of pyridine rings is 1. The molecule has 3 aromatic rings. The zero-order valence-electron chi connectivity index (χ0n) is 33.4. The van der Waals surface area contributed by atoms with Crippen molar-refractivity contribution in [1.82, 2.24) is 29.5 Å². The maximum Gasteiger partial charge on any atom is 0.255 e. The molecule has 0 aliphatic carbocycles. The Bertz CT molecular complexity index is 2120. The summed E-state index contributed by atoms with van der Waals surface area (Å²) in [5.74, 6) is 0.869. The first-order valence-corrected chi connectivity index (χ1v) is 20.6. The molecule has 12 nitrogen and oxygen atoms in total. The zero-order chi connectivity index (χ0) is 38.9. The molecule has 3 amide bonds. The van der Waals surface area contributed by atoms with E-state index in [-0.39, 0.29) is 29.7 Å². The second kappa shape index (κ2) is 14.5. The Morgan fingerprint density at radius 2 is 1.68 bits per heavy atom. The van der Waals surface area contributed by atoms with Crippen LogP contribution in [-0.2, 0) is 49.1 Å². The minimum absolute atomic E-state index is 0.110. The van der Waals surface area contributed by atoms with Crippen LogP contribution in [0, 0.1) is 11.3 Å². The van der Waals surface area contributed by atoms with E-state index in [4.69, 9.17) is 4.74 Å². The van der Waals surface area contributed by atoms with Crippen LogP contribution in [0.5, 0.6) is 5.75 Å². The van der Waals surface area contributed by atoms with Gasteiger partial charge in [-0.2, -0.15) is 0 Å². The van der Waals surface area contributed by atoms with Gasteiger partial charge < -0.3 is 28.9 Å². The number of aryl methyl sites for hydroxylation is 2. The van der Waals surface area contributed by atoms with Gasteiger partial charge in [0.2, 0.25) is 11.8 Å². The van der Waals surface area contributed by atoms with Gasteiger partial charge in [-0.25, -0.2) is 0 Å². The molecule has 1 atom stereocenters. The number of aromatic nitrogens is 1. The van der Waals surface area contributed by atoms with Crippen molar-refractivity contribution in [3.63, 3.8) is 0 Å². The number of carbonyl (C=O) groups is 3. The number of rotatable bonds is 9. The van der Waals surface area contributed by atoms with Crippen LogP contribution in [0.1, 0.15) is 70.8 Å². The summed E-state index contributed by atoms with van der Waals surface area (Å²) >= 11 is 0. The molecule has 6 aliphatic heterocycles. The smallest absolute Gasteiger partial charge is 0.255 e. The number of hydrogen-bond donors (Lipinski definition) is 1. The first-order chi connectivity index (χ1) is 27.0. The third-order valence-corrected chi connectivity index (χ3v) is 13.8. The number of fused-ring (bicyclic) bond motifs is 2. The van der Waals surface area contributed by atoms with Crippen molar-refractivity contribution in [1.29, 1.82) is 0 Å². The molecule has 1 unspecified atom stereocenters. The largest absolute Gasteiger partial charge is 0.496 e. The van der Waals surface area contributed by atoms with Crippen molar-refractivity contribution in [2.75, 3.05) is 71.4 Å².